The maximum Gasteiger partial charge on any atom is 0.243 e. The summed E-state index contributed by atoms with van der Waals surface area (Å²) in [5.74, 6) is -1.06. The topological polar surface area (TPSA) is 78.5 Å². The molecule has 0 radical (unpaired) electrons. The smallest absolute Gasteiger partial charge is 0.243 e. The first kappa shape index (κ1) is 20.0. The number of hydrogen-bond acceptors (Lipinski definition) is 4. The Hall–Kier alpha value is -2.29. The molecule has 1 atom stereocenters. The van der Waals surface area contributed by atoms with E-state index in [1.165, 1.54) is 6.07 Å². The second-order valence-corrected chi connectivity index (χ2v) is 9.24. The lowest BCUT2D eigenvalue weighted by Gasteiger charge is -2.28. The number of nitrogens with zero attached hydrogens (tertiary/aromatic N) is 1. The minimum Gasteiger partial charge on any atom is -0.326 e. The minimum absolute atomic E-state index is 0.103. The quantitative estimate of drug-likeness (QED) is 0.758. The van der Waals surface area contributed by atoms with Crippen molar-refractivity contribution in [2.45, 2.75) is 36.6 Å². The van der Waals surface area contributed by atoms with Crippen molar-refractivity contribution in [2.24, 2.45) is 0 Å². The van der Waals surface area contributed by atoms with Crippen LogP contribution < -0.4 is 10.0 Å². The number of aryl methyl sites for hydroxylation is 1. The van der Waals surface area contributed by atoms with Crippen LogP contribution >= 0.6 is 0 Å². The first-order chi connectivity index (χ1) is 13.9. The van der Waals surface area contributed by atoms with E-state index >= 15 is 0 Å². The Morgan fingerprint density at radius 2 is 1.83 bits per heavy atom. The van der Waals surface area contributed by atoms with Crippen LogP contribution in [0, 0.1) is 5.82 Å². The van der Waals surface area contributed by atoms with E-state index in [4.69, 9.17) is 0 Å². The average Bonchev–Trinajstić information content (AvgIpc) is 3.22. The lowest BCUT2D eigenvalue weighted by Crippen LogP contribution is -2.37. The first-order valence-corrected chi connectivity index (χ1v) is 11.3. The third-order valence-corrected chi connectivity index (χ3v) is 7.01. The summed E-state index contributed by atoms with van der Waals surface area (Å²) in [6.45, 7) is 1.99. The van der Waals surface area contributed by atoms with Crippen molar-refractivity contribution in [3.63, 3.8) is 0 Å². The number of carbonyl (C=O) groups excluding carboxylic acids is 1. The zero-order chi connectivity index (χ0) is 20.4. The molecule has 4 rings (SSSR count). The Labute approximate surface area is 170 Å². The van der Waals surface area contributed by atoms with Gasteiger partial charge in [-0.05, 0) is 55.6 Å². The maximum atomic E-state index is 14.6. The van der Waals surface area contributed by atoms with Crippen LogP contribution in [0.15, 0.2) is 47.4 Å². The summed E-state index contributed by atoms with van der Waals surface area (Å²) in [5, 5.41) is 2.59. The molecule has 1 saturated heterocycles. The van der Waals surface area contributed by atoms with Gasteiger partial charge in [-0.25, -0.2) is 17.5 Å². The van der Waals surface area contributed by atoms with Crippen LogP contribution in [-0.4, -0.2) is 38.9 Å². The van der Waals surface area contributed by atoms with Gasteiger partial charge < -0.3 is 5.32 Å². The Balaban J connectivity index is 1.57. The van der Waals surface area contributed by atoms with Gasteiger partial charge in [-0.1, -0.05) is 30.3 Å². The Morgan fingerprint density at radius 3 is 2.55 bits per heavy atom. The fourth-order valence-electron chi connectivity index (χ4n) is 4.04. The molecule has 2 aliphatic rings. The first-order valence-electron chi connectivity index (χ1n) is 9.85. The third-order valence-electron chi connectivity index (χ3n) is 5.58. The van der Waals surface area contributed by atoms with Gasteiger partial charge in [0, 0.05) is 24.7 Å². The molecule has 29 heavy (non-hydrogen) atoms. The summed E-state index contributed by atoms with van der Waals surface area (Å²) in [5.41, 5.74) is 2.01. The van der Waals surface area contributed by atoms with E-state index in [0.29, 0.717) is 17.7 Å². The van der Waals surface area contributed by atoms with Crippen LogP contribution in [0.25, 0.3) is 0 Å². The third kappa shape index (κ3) is 4.34. The number of rotatable bonds is 6. The predicted octanol–water partition coefficient (Wildman–Crippen LogP) is 2.83. The van der Waals surface area contributed by atoms with E-state index in [2.05, 4.69) is 14.9 Å². The number of fused-ring (bicyclic) bond motifs is 1. The molecular formula is C21H24FN3O3S. The highest BCUT2D eigenvalue weighted by Crippen LogP contribution is 2.29. The van der Waals surface area contributed by atoms with Crippen LogP contribution in [0.4, 0.5) is 10.1 Å². The van der Waals surface area contributed by atoms with Crippen LogP contribution in [-0.2, 0) is 21.2 Å². The van der Waals surface area contributed by atoms with Crippen molar-refractivity contribution in [1.29, 1.82) is 0 Å². The van der Waals surface area contributed by atoms with Crippen molar-refractivity contribution in [1.82, 2.24) is 9.62 Å². The average molecular weight is 418 g/mol. The number of anilines is 1. The van der Waals surface area contributed by atoms with Gasteiger partial charge in [0.05, 0.1) is 0 Å². The molecule has 1 unspecified atom stereocenters. The van der Waals surface area contributed by atoms with Gasteiger partial charge in [0.25, 0.3) is 0 Å². The summed E-state index contributed by atoms with van der Waals surface area (Å²) in [4.78, 5) is 13.4. The number of sulfonamides is 1. The van der Waals surface area contributed by atoms with E-state index in [-0.39, 0.29) is 29.8 Å². The zero-order valence-electron chi connectivity index (χ0n) is 16.0. The number of nitrogens with one attached hydrogen (secondary N) is 2. The Bertz CT molecular complexity index is 1010. The molecule has 6 nitrogen and oxygen atoms in total. The van der Waals surface area contributed by atoms with Gasteiger partial charge in [0.2, 0.25) is 15.9 Å². The van der Waals surface area contributed by atoms with Gasteiger partial charge in [0.15, 0.2) is 0 Å². The molecule has 2 aromatic carbocycles. The highest BCUT2D eigenvalue weighted by atomic mass is 32.2. The molecule has 2 aromatic rings. The summed E-state index contributed by atoms with van der Waals surface area (Å²) in [7, 11) is -4.03. The van der Waals surface area contributed by atoms with Crippen LogP contribution in [0.2, 0.25) is 0 Å². The highest BCUT2D eigenvalue weighted by molar-refractivity contribution is 7.89. The summed E-state index contributed by atoms with van der Waals surface area (Å²) >= 11 is 0. The molecule has 2 aliphatic heterocycles. The van der Waals surface area contributed by atoms with Crippen molar-refractivity contribution in [2.75, 3.05) is 25.0 Å². The fourth-order valence-corrected chi connectivity index (χ4v) is 5.18. The van der Waals surface area contributed by atoms with Crippen molar-refractivity contribution in [3.05, 3.63) is 59.4 Å². The fraction of sp³-hybridized carbons (Fsp3) is 0.381. The number of benzene rings is 2. The second-order valence-electron chi connectivity index (χ2n) is 7.51. The summed E-state index contributed by atoms with van der Waals surface area (Å²) < 4.78 is 43.0. The van der Waals surface area contributed by atoms with Crippen molar-refractivity contribution < 1.29 is 17.6 Å². The second kappa shape index (κ2) is 8.22. The number of hydrogen-bond donors (Lipinski definition) is 2. The number of likely N-dealkylation sites (tertiary alicyclic amines) is 1. The maximum absolute atomic E-state index is 14.6. The Morgan fingerprint density at radius 1 is 1.10 bits per heavy atom. The largest absolute Gasteiger partial charge is 0.326 e. The molecule has 2 heterocycles. The van der Waals surface area contributed by atoms with Crippen molar-refractivity contribution >= 4 is 21.6 Å². The molecule has 1 amide bonds. The zero-order valence-corrected chi connectivity index (χ0v) is 16.8. The van der Waals surface area contributed by atoms with Gasteiger partial charge >= 0.3 is 0 Å². The van der Waals surface area contributed by atoms with E-state index in [1.54, 1.807) is 0 Å². The molecule has 0 saturated carbocycles. The molecule has 0 aliphatic carbocycles. The van der Waals surface area contributed by atoms with Crippen LogP contribution in [0.1, 0.15) is 36.4 Å². The minimum atomic E-state index is -4.03. The normalized spacial score (nSPS) is 18.3. The molecule has 0 bridgehead atoms. The van der Waals surface area contributed by atoms with Gasteiger partial charge in [-0.3, -0.25) is 9.69 Å². The van der Waals surface area contributed by atoms with E-state index < -0.39 is 15.8 Å². The van der Waals surface area contributed by atoms with Crippen LogP contribution in [0.5, 0.6) is 0 Å². The number of amides is 1. The summed E-state index contributed by atoms with van der Waals surface area (Å²) in [6.07, 6.45) is 2.82. The molecule has 0 aromatic heterocycles. The lowest BCUT2D eigenvalue weighted by atomic mass is 10.0. The Kier molecular flexibility index (Phi) is 5.67. The van der Waals surface area contributed by atoms with E-state index in [9.17, 15) is 17.6 Å². The standard InChI is InChI=1S/C21H24FN3O3S/c22-17-13-18-16(8-9-21(26)24-18)12-20(17)29(27,28)23-14-19(25-10-4-5-11-25)15-6-2-1-3-7-15/h1-3,6-7,12-13,19,23H,4-5,8-11,14H2,(H,24,26). The molecular weight excluding hydrogens is 393 g/mol. The molecule has 1 fully saturated rings. The SMILES string of the molecule is O=C1CCc2cc(S(=O)(=O)NCC(c3ccccc3)N3CCCC3)c(F)cc2N1. The lowest BCUT2D eigenvalue weighted by molar-refractivity contribution is -0.116. The number of carbonyl (C=O) groups is 1. The van der Waals surface area contributed by atoms with Gasteiger partial charge in [0.1, 0.15) is 10.7 Å². The highest BCUT2D eigenvalue weighted by Gasteiger charge is 2.28. The van der Waals surface area contributed by atoms with E-state index in [1.807, 2.05) is 30.3 Å². The molecule has 2 N–H and O–H groups in total. The van der Waals surface area contributed by atoms with Gasteiger partial charge in [-0.2, -0.15) is 0 Å². The predicted molar refractivity (Wildman–Crippen MR) is 109 cm³/mol. The van der Waals surface area contributed by atoms with Crippen molar-refractivity contribution in [3.8, 4) is 0 Å². The molecule has 8 heteroatoms. The van der Waals surface area contributed by atoms with Gasteiger partial charge in [-0.15, -0.1) is 0 Å². The molecule has 0 spiro atoms. The molecule has 154 valence electrons. The van der Waals surface area contributed by atoms with E-state index in [0.717, 1.165) is 37.6 Å². The summed E-state index contributed by atoms with van der Waals surface area (Å²) in [6, 6.07) is 12.1. The van der Waals surface area contributed by atoms with Crippen LogP contribution in [0.3, 0.4) is 0 Å². The number of halogens is 1. The monoisotopic (exact) mass is 417 g/mol.